The molecule has 0 fully saturated rings. The first-order valence-electron chi connectivity index (χ1n) is 5.69. The van der Waals surface area contributed by atoms with Crippen LogP contribution in [-0.4, -0.2) is 31.0 Å². The lowest BCUT2D eigenvalue weighted by Crippen LogP contribution is -2.38. The van der Waals surface area contributed by atoms with Gasteiger partial charge in [0.25, 0.3) is 5.91 Å². The topological polar surface area (TPSA) is 38.3 Å². The fraction of sp³-hybridized carbons (Fsp3) is 0.462. The molecule has 1 aromatic rings. The van der Waals surface area contributed by atoms with Crippen molar-refractivity contribution in [2.45, 2.75) is 19.4 Å². The number of aryl methyl sites for hydroxylation is 1. The van der Waals surface area contributed by atoms with Gasteiger partial charge in [-0.05, 0) is 37.1 Å². The van der Waals surface area contributed by atoms with E-state index in [4.69, 9.17) is 16.3 Å². The van der Waals surface area contributed by atoms with Crippen LogP contribution in [0.2, 0.25) is 5.02 Å². The summed E-state index contributed by atoms with van der Waals surface area (Å²) in [7, 11) is 1.62. The highest BCUT2D eigenvalue weighted by Gasteiger charge is 2.13. The zero-order valence-corrected chi connectivity index (χ0v) is 12.8. The molecule has 1 atom stereocenters. The molecule has 0 radical (unpaired) electrons. The molecule has 0 aliphatic rings. The highest BCUT2D eigenvalue weighted by atomic mass is 79.9. The molecule has 0 heterocycles. The van der Waals surface area contributed by atoms with E-state index < -0.39 is 0 Å². The van der Waals surface area contributed by atoms with E-state index in [9.17, 15) is 4.79 Å². The lowest BCUT2D eigenvalue weighted by Gasteiger charge is -2.17. The highest BCUT2D eigenvalue weighted by molar-refractivity contribution is 9.09. The third-order valence-electron chi connectivity index (χ3n) is 2.46. The van der Waals surface area contributed by atoms with Crippen LogP contribution >= 0.6 is 27.5 Å². The van der Waals surface area contributed by atoms with Gasteiger partial charge in [-0.1, -0.05) is 27.5 Å². The van der Waals surface area contributed by atoms with Crippen molar-refractivity contribution in [1.82, 2.24) is 5.32 Å². The second kappa shape index (κ2) is 7.77. The average molecular weight is 335 g/mol. The van der Waals surface area contributed by atoms with Crippen molar-refractivity contribution in [3.05, 3.63) is 34.3 Å². The Morgan fingerprint density at radius 3 is 2.78 bits per heavy atom. The van der Waals surface area contributed by atoms with Crippen LogP contribution in [0.5, 0.6) is 0 Å². The summed E-state index contributed by atoms with van der Waals surface area (Å²) >= 11 is 9.30. The van der Waals surface area contributed by atoms with Gasteiger partial charge in [0.2, 0.25) is 0 Å². The molecular formula is C13H17BrClNO2. The number of carbonyl (C=O) groups excluding carboxylic acids is 1. The number of alkyl halides is 1. The lowest BCUT2D eigenvalue weighted by molar-refractivity contribution is 0.0895. The van der Waals surface area contributed by atoms with E-state index in [1.165, 1.54) is 0 Å². The first-order valence-corrected chi connectivity index (χ1v) is 7.19. The van der Waals surface area contributed by atoms with Crippen LogP contribution in [0.4, 0.5) is 0 Å². The molecule has 1 amide bonds. The standard InChI is InChI=1S/C13H17BrClNO2/c1-9-5-10(7-11(15)6-9)13(17)16-12(3-4-14)8-18-2/h5-7,12H,3-4,8H2,1-2H3,(H,16,17). The minimum atomic E-state index is -0.122. The summed E-state index contributed by atoms with van der Waals surface area (Å²) < 4.78 is 5.08. The minimum absolute atomic E-state index is 0.00108. The maximum Gasteiger partial charge on any atom is 0.251 e. The van der Waals surface area contributed by atoms with E-state index in [-0.39, 0.29) is 11.9 Å². The number of amides is 1. The Hall–Kier alpha value is -0.580. The van der Waals surface area contributed by atoms with E-state index in [2.05, 4.69) is 21.2 Å². The number of methoxy groups -OCH3 is 1. The van der Waals surface area contributed by atoms with Gasteiger partial charge in [0.1, 0.15) is 0 Å². The summed E-state index contributed by atoms with van der Waals surface area (Å²) in [5.74, 6) is -0.122. The molecule has 5 heteroatoms. The summed E-state index contributed by atoms with van der Waals surface area (Å²) in [6.45, 7) is 2.41. The molecule has 0 aromatic heterocycles. The SMILES string of the molecule is COCC(CCBr)NC(=O)c1cc(C)cc(Cl)c1. The number of hydrogen-bond acceptors (Lipinski definition) is 2. The van der Waals surface area contributed by atoms with Crippen LogP contribution in [0, 0.1) is 6.92 Å². The van der Waals surface area contributed by atoms with Gasteiger partial charge in [-0.25, -0.2) is 0 Å². The third kappa shape index (κ3) is 4.96. The molecule has 1 rings (SSSR count). The number of carbonyl (C=O) groups is 1. The zero-order valence-electron chi connectivity index (χ0n) is 10.5. The van der Waals surface area contributed by atoms with E-state index in [0.29, 0.717) is 17.2 Å². The van der Waals surface area contributed by atoms with Crippen molar-refractivity contribution < 1.29 is 9.53 Å². The first-order chi connectivity index (χ1) is 8.56. The summed E-state index contributed by atoms with van der Waals surface area (Å²) in [4.78, 5) is 12.1. The number of nitrogens with one attached hydrogen (secondary N) is 1. The Morgan fingerprint density at radius 1 is 1.50 bits per heavy atom. The monoisotopic (exact) mass is 333 g/mol. The van der Waals surface area contributed by atoms with E-state index >= 15 is 0 Å². The smallest absolute Gasteiger partial charge is 0.251 e. The largest absolute Gasteiger partial charge is 0.383 e. The van der Waals surface area contributed by atoms with Gasteiger partial charge in [0.15, 0.2) is 0 Å². The predicted octanol–water partition coefficient (Wildman–Crippen LogP) is 3.18. The molecule has 0 saturated carbocycles. The molecular weight excluding hydrogens is 318 g/mol. The Labute approximate surface area is 121 Å². The minimum Gasteiger partial charge on any atom is -0.383 e. The maximum absolute atomic E-state index is 12.1. The van der Waals surface area contributed by atoms with Crippen LogP contribution in [-0.2, 0) is 4.74 Å². The van der Waals surface area contributed by atoms with Crippen LogP contribution in [0.25, 0.3) is 0 Å². The normalized spacial score (nSPS) is 12.2. The molecule has 1 N–H and O–H groups in total. The molecule has 100 valence electrons. The second-order valence-corrected chi connectivity index (χ2v) is 5.35. The third-order valence-corrected chi connectivity index (χ3v) is 3.14. The number of hydrogen-bond donors (Lipinski definition) is 1. The Morgan fingerprint density at radius 2 is 2.22 bits per heavy atom. The van der Waals surface area contributed by atoms with Crippen LogP contribution < -0.4 is 5.32 Å². The van der Waals surface area contributed by atoms with E-state index in [1.807, 2.05) is 19.1 Å². The van der Waals surface area contributed by atoms with Gasteiger partial charge in [0, 0.05) is 23.0 Å². The van der Waals surface area contributed by atoms with Crippen molar-refractivity contribution in [2.24, 2.45) is 0 Å². The Kier molecular flexibility index (Phi) is 6.68. The summed E-state index contributed by atoms with van der Waals surface area (Å²) in [6.07, 6.45) is 0.819. The van der Waals surface area contributed by atoms with Gasteiger partial charge in [-0.3, -0.25) is 4.79 Å². The Balaban J connectivity index is 2.73. The van der Waals surface area contributed by atoms with Gasteiger partial charge < -0.3 is 10.1 Å². The van der Waals surface area contributed by atoms with Gasteiger partial charge >= 0.3 is 0 Å². The molecule has 18 heavy (non-hydrogen) atoms. The molecule has 0 spiro atoms. The maximum atomic E-state index is 12.1. The number of halogens is 2. The number of rotatable bonds is 6. The molecule has 0 aliphatic carbocycles. The molecule has 0 aliphatic heterocycles. The zero-order chi connectivity index (χ0) is 13.5. The lowest BCUT2D eigenvalue weighted by atomic mass is 10.1. The van der Waals surface area contributed by atoms with Crippen molar-refractivity contribution in [3.63, 3.8) is 0 Å². The number of benzene rings is 1. The second-order valence-electron chi connectivity index (χ2n) is 4.12. The van der Waals surface area contributed by atoms with Crippen molar-refractivity contribution in [1.29, 1.82) is 0 Å². The van der Waals surface area contributed by atoms with Gasteiger partial charge in [0.05, 0.1) is 12.6 Å². The van der Waals surface area contributed by atoms with Gasteiger partial charge in [-0.15, -0.1) is 0 Å². The Bertz CT molecular complexity index is 386. The van der Waals surface area contributed by atoms with Crippen LogP contribution in [0.15, 0.2) is 18.2 Å². The fourth-order valence-electron chi connectivity index (χ4n) is 1.67. The van der Waals surface area contributed by atoms with Crippen molar-refractivity contribution in [3.8, 4) is 0 Å². The highest BCUT2D eigenvalue weighted by Crippen LogP contribution is 2.14. The summed E-state index contributed by atoms with van der Waals surface area (Å²) in [6, 6.07) is 5.31. The summed E-state index contributed by atoms with van der Waals surface area (Å²) in [5.41, 5.74) is 1.55. The first kappa shape index (κ1) is 15.5. The van der Waals surface area contributed by atoms with Crippen LogP contribution in [0.1, 0.15) is 22.3 Å². The number of ether oxygens (including phenoxy) is 1. The molecule has 0 saturated heterocycles. The summed E-state index contributed by atoms with van der Waals surface area (Å²) in [5, 5.41) is 4.33. The molecule has 3 nitrogen and oxygen atoms in total. The average Bonchev–Trinajstić information content (AvgIpc) is 2.28. The van der Waals surface area contributed by atoms with Gasteiger partial charge in [-0.2, -0.15) is 0 Å². The quantitative estimate of drug-likeness (QED) is 0.812. The van der Waals surface area contributed by atoms with Crippen molar-refractivity contribution in [2.75, 3.05) is 19.0 Å². The fourth-order valence-corrected chi connectivity index (χ4v) is 2.51. The van der Waals surface area contributed by atoms with E-state index in [1.54, 1.807) is 13.2 Å². The van der Waals surface area contributed by atoms with Crippen LogP contribution in [0.3, 0.4) is 0 Å². The van der Waals surface area contributed by atoms with Crippen molar-refractivity contribution >= 4 is 33.4 Å². The van der Waals surface area contributed by atoms with E-state index in [0.717, 1.165) is 17.3 Å². The molecule has 0 bridgehead atoms. The molecule has 1 aromatic carbocycles. The predicted molar refractivity (Wildman–Crippen MR) is 77.7 cm³/mol. The molecule has 1 unspecified atom stereocenters.